The van der Waals surface area contributed by atoms with Gasteiger partial charge in [0.2, 0.25) is 0 Å². The molecule has 0 aliphatic carbocycles. The highest BCUT2D eigenvalue weighted by atomic mass is 16.5. The lowest BCUT2D eigenvalue weighted by Gasteiger charge is -2.04. The molecular formula is C9H11N3O. The molecule has 1 aromatic carbocycles. The van der Waals surface area contributed by atoms with E-state index in [-0.39, 0.29) is 0 Å². The van der Waals surface area contributed by atoms with Crippen molar-refractivity contribution in [2.45, 2.75) is 6.92 Å². The van der Waals surface area contributed by atoms with Gasteiger partial charge in [0.05, 0.1) is 22.5 Å². The lowest BCUT2D eigenvalue weighted by molar-refractivity contribution is 0.450. The Bertz CT molecular complexity index is 447. The molecule has 13 heavy (non-hydrogen) atoms. The predicted molar refractivity (Wildman–Crippen MR) is 52.7 cm³/mol. The molecule has 4 heteroatoms. The predicted octanol–water partition coefficient (Wildman–Crippen LogP) is 1.76. The lowest BCUT2D eigenvalue weighted by Crippen LogP contribution is -1.95. The Morgan fingerprint density at radius 2 is 2.23 bits per heavy atom. The molecule has 68 valence electrons. The summed E-state index contributed by atoms with van der Waals surface area (Å²) in [6.07, 6.45) is 0. The molecule has 4 nitrogen and oxygen atoms in total. The maximum atomic E-state index is 5.91. The van der Waals surface area contributed by atoms with Crippen LogP contribution < -0.4 is 11.1 Å². The highest BCUT2D eigenvalue weighted by molar-refractivity contribution is 5.97. The van der Waals surface area contributed by atoms with E-state index >= 15 is 0 Å². The summed E-state index contributed by atoms with van der Waals surface area (Å²) in [7, 11) is 1.83. The van der Waals surface area contributed by atoms with Crippen molar-refractivity contribution < 1.29 is 4.52 Å². The molecule has 2 aromatic rings. The molecular weight excluding hydrogens is 166 g/mol. The van der Waals surface area contributed by atoms with Crippen LogP contribution in [0.15, 0.2) is 16.7 Å². The number of benzene rings is 1. The van der Waals surface area contributed by atoms with E-state index in [0.717, 1.165) is 22.4 Å². The zero-order valence-corrected chi connectivity index (χ0v) is 7.59. The fourth-order valence-electron chi connectivity index (χ4n) is 1.43. The van der Waals surface area contributed by atoms with E-state index in [1.54, 1.807) is 0 Å². The van der Waals surface area contributed by atoms with E-state index in [4.69, 9.17) is 10.3 Å². The van der Waals surface area contributed by atoms with Crippen LogP contribution in [0.3, 0.4) is 0 Å². The van der Waals surface area contributed by atoms with E-state index in [1.165, 1.54) is 0 Å². The van der Waals surface area contributed by atoms with Crippen molar-refractivity contribution in [1.82, 2.24) is 5.16 Å². The van der Waals surface area contributed by atoms with Gasteiger partial charge in [-0.15, -0.1) is 0 Å². The number of rotatable bonds is 1. The van der Waals surface area contributed by atoms with Crippen LogP contribution >= 0.6 is 0 Å². The van der Waals surface area contributed by atoms with E-state index in [1.807, 2.05) is 26.1 Å². The van der Waals surface area contributed by atoms with Gasteiger partial charge in [-0.2, -0.15) is 0 Å². The minimum atomic E-state index is 0.693. The molecule has 0 saturated carbocycles. The van der Waals surface area contributed by atoms with E-state index in [0.29, 0.717) is 5.69 Å². The summed E-state index contributed by atoms with van der Waals surface area (Å²) in [5.74, 6) is 0. The van der Waals surface area contributed by atoms with Gasteiger partial charge in [0.25, 0.3) is 0 Å². The highest BCUT2D eigenvalue weighted by Crippen LogP contribution is 2.30. The summed E-state index contributed by atoms with van der Waals surface area (Å²) in [6, 6.07) is 3.74. The monoisotopic (exact) mass is 177 g/mol. The molecule has 0 fully saturated rings. The van der Waals surface area contributed by atoms with Crippen molar-refractivity contribution in [3.63, 3.8) is 0 Å². The smallest absolute Gasteiger partial charge is 0.169 e. The maximum absolute atomic E-state index is 5.91. The molecule has 3 N–H and O–H groups in total. The molecule has 0 unspecified atom stereocenters. The third-order valence-electron chi connectivity index (χ3n) is 2.12. The number of hydrogen-bond acceptors (Lipinski definition) is 4. The standard InChI is InChI=1S/C9H11N3O/c1-5-8-7(13-12-5)4-3-6(11-2)9(8)10/h3-4,11H,10H2,1-2H3. The Kier molecular flexibility index (Phi) is 1.62. The first-order chi connectivity index (χ1) is 6.24. The Morgan fingerprint density at radius 1 is 1.46 bits per heavy atom. The number of hydrogen-bond donors (Lipinski definition) is 2. The number of nitrogens with zero attached hydrogens (tertiary/aromatic N) is 1. The Balaban J connectivity index is 2.83. The average molecular weight is 177 g/mol. The van der Waals surface area contributed by atoms with Crippen molar-refractivity contribution in [3.8, 4) is 0 Å². The number of nitrogens with one attached hydrogen (secondary N) is 1. The number of aryl methyl sites for hydroxylation is 1. The third-order valence-corrected chi connectivity index (χ3v) is 2.12. The van der Waals surface area contributed by atoms with Gasteiger partial charge in [-0.3, -0.25) is 0 Å². The maximum Gasteiger partial charge on any atom is 0.169 e. The molecule has 1 heterocycles. The summed E-state index contributed by atoms with van der Waals surface area (Å²) in [6.45, 7) is 1.88. The Morgan fingerprint density at radius 3 is 2.92 bits per heavy atom. The van der Waals surface area contributed by atoms with Crippen molar-refractivity contribution in [2.24, 2.45) is 0 Å². The summed E-state index contributed by atoms with van der Waals surface area (Å²) in [5.41, 5.74) is 9.06. The quantitative estimate of drug-likeness (QED) is 0.651. The van der Waals surface area contributed by atoms with Crippen LogP contribution in [0.25, 0.3) is 11.0 Å². The Labute approximate surface area is 75.7 Å². The van der Waals surface area contributed by atoms with E-state index < -0.39 is 0 Å². The zero-order valence-electron chi connectivity index (χ0n) is 7.59. The van der Waals surface area contributed by atoms with Crippen molar-refractivity contribution in [3.05, 3.63) is 17.8 Å². The first-order valence-electron chi connectivity index (χ1n) is 4.06. The molecule has 0 atom stereocenters. The van der Waals surface area contributed by atoms with Crippen LogP contribution in [-0.4, -0.2) is 12.2 Å². The molecule has 0 bridgehead atoms. The van der Waals surface area contributed by atoms with Crippen molar-refractivity contribution in [2.75, 3.05) is 18.1 Å². The van der Waals surface area contributed by atoms with Gasteiger partial charge in [-0.25, -0.2) is 0 Å². The van der Waals surface area contributed by atoms with Gasteiger partial charge in [-0.05, 0) is 19.1 Å². The molecule has 0 aliphatic heterocycles. The molecule has 1 aromatic heterocycles. The van der Waals surface area contributed by atoms with Crippen molar-refractivity contribution in [1.29, 1.82) is 0 Å². The summed E-state index contributed by atoms with van der Waals surface area (Å²) < 4.78 is 5.07. The molecule has 0 aliphatic rings. The number of nitrogens with two attached hydrogens (primary N) is 1. The van der Waals surface area contributed by atoms with Gasteiger partial charge in [0.1, 0.15) is 0 Å². The highest BCUT2D eigenvalue weighted by Gasteiger charge is 2.09. The number of aromatic nitrogens is 1. The Hall–Kier alpha value is -1.71. The molecule has 0 saturated heterocycles. The lowest BCUT2D eigenvalue weighted by atomic mass is 10.1. The third kappa shape index (κ3) is 1.02. The summed E-state index contributed by atoms with van der Waals surface area (Å²) in [5, 5.41) is 7.75. The normalized spacial score (nSPS) is 10.6. The van der Waals surface area contributed by atoms with Crippen LogP contribution in [0.5, 0.6) is 0 Å². The second kappa shape index (κ2) is 2.65. The number of anilines is 2. The second-order valence-electron chi connectivity index (χ2n) is 2.92. The minimum absolute atomic E-state index is 0.693. The van der Waals surface area contributed by atoms with Gasteiger partial charge >= 0.3 is 0 Å². The van der Waals surface area contributed by atoms with E-state index in [9.17, 15) is 0 Å². The molecule has 0 amide bonds. The SMILES string of the molecule is CNc1ccc2onc(C)c2c1N. The fourth-order valence-corrected chi connectivity index (χ4v) is 1.43. The van der Waals surface area contributed by atoms with Crippen molar-refractivity contribution >= 4 is 22.3 Å². The van der Waals surface area contributed by atoms with Crippen LogP contribution in [-0.2, 0) is 0 Å². The first-order valence-corrected chi connectivity index (χ1v) is 4.06. The van der Waals surface area contributed by atoms with Gasteiger partial charge in [0.15, 0.2) is 5.58 Å². The van der Waals surface area contributed by atoms with Crippen LogP contribution in [0, 0.1) is 6.92 Å². The molecule has 2 rings (SSSR count). The summed E-state index contributed by atoms with van der Waals surface area (Å²) in [4.78, 5) is 0. The van der Waals surface area contributed by atoms with Gasteiger partial charge < -0.3 is 15.6 Å². The molecule has 0 spiro atoms. The topological polar surface area (TPSA) is 64.1 Å². The van der Waals surface area contributed by atoms with Crippen LogP contribution in [0.1, 0.15) is 5.69 Å². The first kappa shape index (κ1) is 7.91. The minimum Gasteiger partial charge on any atom is -0.396 e. The van der Waals surface area contributed by atoms with E-state index in [2.05, 4.69) is 10.5 Å². The summed E-state index contributed by atoms with van der Waals surface area (Å²) >= 11 is 0. The average Bonchev–Trinajstić information content (AvgIpc) is 2.49. The fraction of sp³-hybridized carbons (Fsp3) is 0.222. The number of fused-ring (bicyclic) bond motifs is 1. The zero-order chi connectivity index (χ0) is 9.42. The van der Waals surface area contributed by atoms with Gasteiger partial charge in [0, 0.05) is 7.05 Å². The van der Waals surface area contributed by atoms with Gasteiger partial charge in [-0.1, -0.05) is 5.16 Å². The second-order valence-corrected chi connectivity index (χ2v) is 2.92. The number of nitrogen functional groups attached to an aromatic ring is 1. The largest absolute Gasteiger partial charge is 0.396 e. The van der Waals surface area contributed by atoms with Crippen LogP contribution in [0.2, 0.25) is 0 Å². The van der Waals surface area contributed by atoms with Crippen LogP contribution in [0.4, 0.5) is 11.4 Å². The molecule has 0 radical (unpaired) electrons.